The number of rotatable bonds is 2. The van der Waals surface area contributed by atoms with Crippen LogP contribution in [0.1, 0.15) is 30.0 Å². The molecule has 0 unspecified atom stereocenters. The molecule has 2 aromatic rings. The van der Waals surface area contributed by atoms with Crippen LogP contribution >= 0.6 is 0 Å². The van der Waals surface area contributed by atoms with Gasteiger partial charge in [-0.2, -0.15) is 0 Å². The van der Waals surface area contributed by atoms with Crippen LogP contribution < -0.4 is 5.73 Å². The molecule has 1 aliphatic carbocycles. The highest BCUT2D eigenvalue weighted by atomic mass is 15.4. The molecule has 0 radical (unpaired) electrons. The first-order chi connectivity index (χ1) is 7.75. The van der Waals surface area contributed by atoms with Gasteiger partial charge in [-0.3, -0.25) is 4.98 Å². The third-order valence-electron chi connectivity index (χ3n) is 2.80. The number of anilines is 1. The lowest BCUT2D eigenvalue weighted by Crippen LogP contribution is -2.03. The highest BCUT2D eigenvalue weighted by Gasteiger charge is 2.31. The molecule has 0 spiro atoms. The molecule has 2 N–H and O–H groups in total. The molecule has 0 saturated heterocycles. The van der Waals surface area contributed by atoms with Crippen molar-refractivity contribution in [2.24, 2.45) is 0 Å². The molecule has 82 valence electrons. The topological polar surface area (TPSA) is 69.6 Å². The van der Waals surface area contributed by atoms with Gasteiger partial charge in [-0.15, -0.1) is 5.10 Å². The summed E-state index contributed by atoms with van der Waals surface area (Å²) < 4.78 is 1.81. The lowest BCUT2D eigenvalue weighted by molar-refractivity contribution is 0.759. The maximum absolute atomic E-state index is 5.84. The Kier molecular flexibility index (Phi) is 1.92. The van der Waals surface area contributed by atoms with Crippen molar-refractivity contribution in [1.82, 2.24) is 20.0 Å². The second-order valence-corrected chi connectivity index (χ2v) is 4.27. The third kappa shape index (κ3) is 1.44. The van der Waals surface area contributed by atoms with Gasteiger partial charge in [0.25, 0.3) is 0 Å². The number of nitrogens with two attached hydrogens (primary N) is 1. The van der Waals surface area contributed by atoms with Gasteiger partial charge < -0.3 is 5.73 Å². The fraction of sp³-hybridized carbons (Fsp3) is 0.364. The number of pyridine rings is 1. The summed E-state index contributed by atoms with van der Waals surface area (Å²) in [5.74, 6) is 1.07. The molecular formula is C11H13N5. The van der Waals surface area contributed by atoms with E-state index in [0.29, 0.717) is 11.7 Å². The molecule has 3 rings (SSSR count). The van der Waals surface area contributed by atoms with Crippen LogP contribution in [0.4, 0.5) is 5.82 Å². The van der Waals surface area contributed by atoms with Crippen LogP contribution in [-0.4, -0.2) is 20.0 Å². The van der Waals surface area contributed by atoms with Crippen LogP contribution in [0.5, 0.6) is 0 Å². The first-order valence-electron chi connectivity index (χ1n) is 5.39. The normalized spacial score (nSPS) is 15.3. The van der Waals surface area contributed by atoms with Crippen LogP contribution in [0.25, 0.3) is 5.69 Å². The van der Waals surface area contributed by atoms with Gasteiger partial charge in [0.15, 0.2) is 5.82 Å². The Morgan fingerprint density at radius 1 is 1.38 bits per heavy atom. The van der Waals surface area contributed by atoms with Crippen molar-refractivity contribution in [1.29, 1.82) is 0 Å². The summed E-state index contributed by atoms with van der Waals surface area (Å²) in [4.78, 5) is 4.16. The minimum absolute atomic E-state index is 0.524. The molecule has 2 aromatic heterocycles. The van der Waals surface area contributed by atoms with Crippen LogP contribution in [0.15, 0.2) is 18.5 Å². The molecular weight excluding hydrogens is 202 g/mol. The van der Waals surface area contributed by atoms with E-state index < -0.39 is 0 Å². The van der Waals surface area contributed by atoms with Crippen LogP contribution in [0, 0.1) is 6.92 Å². The van der Waals surface area contributed by atoms with Gasteiger partial charge in [-0.05, 0) is 31.4 Å². The molecule has 0 bridgehead atoms. The van der Waals surface area contributed by atoms with Crippen LogP contribution in [-0.2, 0) is 0 Å². The van der Waals surface area contributed by atoms with E-state index in [1.807, 2.05) is 23.9 Å². The van der Waals surface area contributed by atoms with Crippen molar-refractivity contribution >= 4 is 5.82 Å². The van der Waals surface area contributed by atoms with E-state index in [0.717, 1.165) is 16.9 Å². The Bertz CT molecular complexity index is 527. The predicted molar refractivity (Wildman–Crippen MR) is 60.3 cm³/mol. The summed E-state index contributed by atoms with van der Waals surface area (Å²) in [5, 5.41) is 8.04. The van der Waals surface area contributed by atoms with Crippen molar-refractivity contribution in [2.75, 3.05) is 5.73 Å². The van der Waals surface area contributed by atoms with Crippen molar-refractivity contribution in [3.8, 4) is 5.69 Å². The summed E-state index contributed by atoms with van der Waals surface area (Å²) >= 11 is 0. The number of aromatic nitrogens is 4. The lowest BCUT2D eigenvalue weighted by atomic mass is 10.2. The Hall–Kier alpha value is -1.91. The van der Waals surface area contributed by atoms with Gasteiger partial charge in [-0.25, -0.2) is 4.68 Å². The summed E-state index contributed by atoms with van der Waals surface area (Å²) in [5.41, 5.74) is 8.92. The number of hydrogen-bond donors (Lipinski definition) is 1. The maximum atomic E-state index is 5.84. The molecule has 0 aliphatic heterocycles. The van der Waals surface area contributed by atoms with Crippen molar-refractivity contribution in [3.63, 3.8) is 0 Å². The van der Waals surface area contributed by atoms with Gasteiger partial charge in [0.05, 0.1) is 17.6 Å². The van der Waals surface area contributed by atoms with Crippen LogP contribution in [0.2, 0.25) is 0 Å². The first-order valence-corrected chi connectivity index (χ1v) is 5.39. The Balaban J connectivity index is 2.12. The Morgan fingerprint density at radius 2 is 2.19 bits per heavy atom. The molecule has 0 amide bonds. The van der Waals surface area contributed by atoms with Crippen molar-refractivity contribution < 1.29 is 0 Å². The SMILES string of the molecule is Cc1cncc(-n2nnc(N)c2C2CC2)c1. The number of aryl methyl sites for hydroxylation is 1. The second kappa shape index (κ2) is 3.30. The molecule has 0 aromatic carbocycles. The highest BCUT2D eigenvalue weighted by Crippen LogP contribution is 2.42. The summed E-state index contributed by atoms with van der Waals surface area (Å²) in [6.45, 7) is 2.01. The van der Waals surface area contributed by atoms with E-state index in [1.165, 1.54) is 12.8 Å². The molecule has 1 fully saturated rings. The molecule has 5 heteroatoms. The monoisotopic (exact) mass is 215 g/mol. The fourth-order valence-electron chi connectivity index (χ4n) is 1.89. The van der Waals surface area contributed by atoms with Crippen LogP contribution in [0.3, 0.4) is 0 Å². The third-order valence-corrected chi connectivity index (χ3v) is 2.80. The molecule has 1 aliphatic rings. The molecule has 2 heterocycles. The molecule has 0 atom stereocenters. The van der Waals surface area contributed by atoms with E-state index in [1.54, 1.807) is 6.20 Å². The van der Waals surface area contributed by atoms with E-state index >= 15 is 0 Å². The largest absolute Gasteiger partial charge is 0.381 e. The molecule has 16 heavy (non-hydrogen) atoms. The Labute approximate surface area is 93.3 Å². The number of nitrogens with zero attached hydrogens (tertiary/aromatic N) is 4. The van der Waals surface area contributed by atoms with E-state index in [9.17, 15) is 0 Å². The fourth-order valence-corrected chi connectivity index (χ4v) is 1.89. The van der Waals surface area contributed by atoms with Crippen molar-refractivity contribution in [3.05, 3.63) is 29.7 Å². The summed E-state index contributed by atoms with van der Waals surface area (Å²) in [6, 6.07) is 2.03. The zero-order valence-corrected chi connectivity index (χ0v) is 9.09. The zero-order chi connectivity index (χ0) is 11.1. The minimum Gasteiger partial charge on any atom is -0.381 e. The van der Waals surface area contributed by atoms with Gasteiger partial charge in [-0.1, -0.05) is 5.21 Å². The average molecular weight is 215 g/mol. The van der Waals surface area contributed by atoms with E-state index in [-0.39, 0.29) is 0 Å². The minimum atomic E-state index is 0.524. The van der Waals surface area contributed by atoms with Gasteiger partial charge in [0.2, 0.25) is 0 Å². The van der Waals surface area contributed by atoms with Gasteiger partial charge in [0.1, 0.15) is 0 Å². The maximum Gasteiger partial charge on any atom is 0.169 e. The zero-order valence-electron chi connectivity index (χ0n) is 9.09. The van der Waals surface area contributed by atoms with E-state index in [2.05, 4.69) is 15.3 Å². The quantitative estimate of drug-likeness (QED) is 0.822. The predicted octanol–water partition coefficient (Wildman–Crippen LogP) is 1.43. The van der Waals surface area contributed by atoms with Gasteiger partial charge in [0, 0.05) is 12.1 Å². The highest BCUT2D eigenvalue weighted by molar-refractivity contribution is 5.44. The van der Waals surface area contributed by atoms with Crippen molar-refractivity contribution in [2.45, 2.75) is 25.7 Å². The Morgan fingerprint density at radius 3 is 2.88 bits per heavy atom. The second-order valence-electron chi connectivity index (χ2n) is 4.27. The number of nitrogen functional groups attached to an aromatic ring is 1. The standard InChI is InChI=1S/C11H13N5/c1-7-4-9(6-13-5-7)16-10(8-2-3-8)11(12)14-15-16/h4-6,8H,2-3,12H2,1H3. The first kappa shape index (κ1) is 9.33. The average Bonchev–Trinajstić information content (AvgIpc) is 3.02. The number of hydrogen-bond acceptors (Lipinski definition) is 4. The molecule has 5 nitrogen and oxygen atoms in total. The molecule has 1 saturated carbocycles. The van der Waals surface area contributed by atoms with E-state index in [4.69, 9.17) is 5.73 Å². The van der Waals surface area contributed by atoms with Gasteiger partial charge >= 0.3 is 0 Å². The summed E-state index contributed by atoms with van der Waals surface area (Å²) in [6.07, 6.45) is 5.96. The summed E-state index contributed by atoms with van der Waals surface area (Å²) in [7, 11) is 0. The lowest BCUT2D eigenvalue weighted by Gasteiger charge is -2.05. The smallest absolute Gasteiger partial charge is 0.169 e.